The molecular formula is C15H10Cl2N2O. The predicted molar refractivity (Wildman–Crippen MR) is 82.7 cm³/mol. The molecule has 0 saturated carbocycles. The predicted octanol–water partition coefficient (Wildman–Crippen LogP) is 4.92. The quantitative estimate of drug-likeness (QED) is 0.684. The lowest BCUT2D eigenvalue weighted by atomic mass is 10.2. The fourth-order valence-corrected chi connectivity index (χ4v) is 2.23. The first kappa shape index (κ1) is 13.0. The Morgan fingerprint density at radius 3 is 2.50 bits per heavy atom. The van der Waals surface area contributed by atoms with Crippen molar-refractivity contribution in [2.75, 3.05) is 5.73 Å². The molecule has 0 unspecified atom stereocenters. The first-order valence-electron chi connectivity index (χ1n) is 5.90. The highest BCUT2D eigenvalue weighted by atomic mass is 35.5. The molecule has 0 saturated heterocycles. The molecule has 3 aromatic rings. The van der Waals surface area contributed by atoms with Crippen LogP contribution in [0.15, 0.2) is 48.7 Å². The van der Waals surface area contributed by atoms with Crippen LogP contribution in [0.4, 0.5) is 5.69 Å². The van der Waals surface area contributed by atoms with E-state index in [1.165, 1.54) is 0 Å². The van der Waals surface area contributed by atoms with Crippen molar-refractivity contribution in [2.24, 2.45) is 0 Å². The minimum atomic E-state index is 0.514. The van der Waals surface area contributed by atoms with Crippen molar-refractivity contribution in [3.63, 3.8) is 0 Å². The monoisotopic (exact) mass is 304 g/mol. The van der Waals surface area contributed by atoms with Crippen LogP contribution in [0.3, 0.4) is 0 Å². The van der Waals surface area contributed by atoms with Crippen LogP contribution in [0.5, 0.6) is 11.5 Å². The van der Waals surface area contributed by atoms with Gasteiger partial charge in [0.1, 0.15) is 5.75 Å². The van der Waals surface area contributed by atoms with Gasteiger partial charge in [-0.1, -0.05) is 23.2 Å². The van der Waals surface area contributed by atoms with E-state index < -0.39 is 0 Å². The van der Waals surface area contributed by atoms with Gasteiger partial charge in [-0.05, 0) is 36.4 Å². The van der Waals surface area contributed by atoms with Gasteiger partial charge in [-0.3, -0.25) is 4.98 Å². The number of aromatic nitrogens is 1. The standard InChI is InChI=1S/C15H10Cl2N2O/c16-9-1-3-11-13(7-9)19-6-5-14(11)20-15-8-10(17)2-4-12(15)18/h1-8H,18H2. The van der Waals surface area contributed by atoms with Gasteiger partial charge in [0.25, 0.3) is 0 Å². The average Bonchev–Trinajstić information content (AvgIpc) is 2.43. The Balaban J connectivity index is 2.09. The van der Waals surface area contributed by atoms with Crippen LogP contribution in [0, 0.1) is 0 Å². The number of nitrogen functional groups attached to an aromatic ring is 1. The minimum absolute atomic E-state index is 0.514. The number of anilines is 1. The van der Waals surface area contributed by atoms with Crippen molar-refractivity contribution < 1.29 is 4.74 Å². The number of halogens is 2. The number of nitrogens with zero attached hydrogens (tertiary/aromatic N) is 1. The van der Waals surface area contributed by atoms with Gasteiger partial charge < -0.3 is 10.5 Å². The van der Waals surface area contributed by atoms with E-state index in [1.54, 1.807) is 42.6 Å². The summed E-state index contributed by atoms with van der Waals surface area (Å²) < 4.78 is 5.85. The second-order valence-corrected chi connectivity index (χ2v) is 5.13. The van der Waals surface area contributed by atoms with Crippen LogP contribution in [-0.2, 0) is 0 Å². The number of pyridine rings is 1. The van der Waals surface area contributed by atoms with Crippen molar-refractivity contribution in [3.8, 4) is 11.5 Å². The zero-order chi connectivity index (χ0) is 14.1. The van der Waals surface area contributed by atoms with Crippen molar-refractivity contribution in [2.45, 2.75) is 0 Å². The summed E-state index contributed by atoms with van der Waals surface area (Å²) >= 11 is 11.9. The largest absolute Gasteiger partial charge is 0.454 e. The average molecular weight is 305 g/mol. The second-order valence-electron chi connectivity index (χ2n) is 4.25. The number of hydrogen-bond donors (Lipinski definition) is 1. The molecule has 1 aromatic heterocycles. The van der Waals surface area contributed by atoms with Crippen molar-refractivity contribution in [1.29, 1.82) is 0 Å². The van der Waals surface area contributed by atoms with Gasteiger partial charge in [0.2, 0.25) is 0 Å². The molecule has 1 heterocycles. The van der Waals surface area contributed by atoms with E-state index in [-0.39, 0.29) is 0 Å². The molecule has 0 atom stereocenters. The van der Waals surface area contributed by atoms with E-state index in [4.69, 9.17) is 33.7 Å². The number of ether oxygens (including phenoxy) is 1. The molecule has 3 nitrogen and oxygen atoms in total. The van der Waals surface area contributed by atoms with Crippen molar-refractivity contribution >= 4 is 39.8 Å². The first-order valence-corrected chi connectivity index (χ1v) is 6.66. The Kier molecular flexibility index (Phi) is 3.38. The molecule has 0 bridgehead atoms. The maximum absolute atomic E-state index is 5.96. The van der Waals surface area contributed by atoms with Crippen LogP contribution in [-0.4, -0.2) is 4.98 Å². The van der Waals surface area contributed by atoms with Crippen molar-refractivity contribution in [1.82, 2.24) is 4.98 Å². The molecule has 0 radical (unpaired) electrons. The van der Waals surface area contributed by atoms with E-state index in [0.717, 1.165) is 10.9 Å². The minimum Gasteiger partial charge on any atom is -0.454 e. The molecule has 2 aromatic carbocycles. The van der Waals surface area contributed by atoms with Crippen molar-refractivity contribution in [3.05, 3.63) is 58.7 Å². The normalized spacial score (nSPS) is 10.7. The molecule has 2 N–H and O–H groups in total. The van der Waals surface area contributed by atoms with Crippen LogP contribution in [0.25, 0.3) is 10.9 Å². The highest BCUT2D eigenvalue weighted by molar-refractivity contribution is 6.31. The lowest BCUT2D eigenvalue weighted by molar-refractivity contribution is 0.490. The molecule has 0 aliphatic rings. The summed E-state index contributed by atoms with van der Waals surface area (Å²) in [5, 5.41) is 2.05. The van der Waals surface area contributed by atoms with Gasteiger partial charge in [-0.25, -0.2) is 0 Å². The summed E-state index contributed by atoms with van der Waals surface area (Å²) in [6, 6.07) is 12.3. The molecule has 0 amide bonds. The molecular weight excluding hydrogens is 295 g/mol. The maximum atomic E-state index is 5.96. The third kappa shape index (κ3) is 2.50. The lowest BCUT2D eigenvalue weighted by Gasteiger charge is -2.11. The number of nitrogens with two attached hydrogens (primary N) is 1. The summed E-state index contributed by atoms with van der Waals surface area (Å²) in [4.78, 5) is 4.26. The summed E-state index contributed by atoms with van der Waals surface area (Å²) in [7, 11) is 0. The Hall–Kier alpha value is -1.97. The molecule has 20 heavy (non-hydrogen) atoms. The fourth-order valence-electron chi connectivity index (χ4n) is 1.90. The number of rotatable bonds is 2. The first-order chi connectivity index (χ1) is 9.63. The van der Waals surface area contributed by atoms with E-state index in [1.807, 2.05) is 6.07 Å². The number of hydrogen-bond acceptors (Lipinski definition) is 3. The molecule has 0 aliphatic heterocycles. The third-order valence-corrected chi connectivity index (χ3v) is 3.33. The summed E-state index contributed by atoms with van der Waals surface area (Å²) in [6.07, 6.45) is 1.66. The summed E-state index contributed by atoms with van der Waals surface area (Å²) in [5.41, 5.74) is 7.17. The number of fused-ring (bicyclic) bond motifs is 1. The highest BCUT2D eigenvalue weighted by Gasteiger charge is 2.08. The fraction of sp³-hybridized carbons (Fsp3) is 0. The zero-order valence-corrected chi connectivity index (χ0v) is 11.8. The van der Waals surface area contributed by atoms with E-state index >= 15 is 0 Å². The molecule has 0 aliphatic carbocycles. The zero-order valence-electron chi connectivity index (χ0n) is 10.3. The van der Waals surface area contributed by atoms with Gasteiger partial charge in [-0.2, -0.15) is 0 Å². The number of benzene rings is 2. The Bertz CT molecular complexity index is 790. The molecule has 5 heteroatoms. The third-order valence-electron chi connectivity index (χ3n) is 2.86. The molecule has 3 rings (SSSR count). The van der Waals surface area contributed by atoms with Gasteiger partial charge >= 0.3 is 0 Å². The van der Waals surface area contributed by atoms with Gasteiger partial charge in [0.15, 0.2) is 5.75 Å². The SMILES string of the molecule is Nc1ccc(Cl)cc1Oc1ccnc2cc(Cl)ccc12. The van der Waals surface area contributed by atoms with E-state index in [2.05, 4.69) is 4.98 Å². The highest BCUT2D eigenvalue weighted by Crippen LogP contribution is 2.34. The van der Waals surface area contributed by atoms with Gasteiger partial charge in [0.05, 0.1) is 11.2 Å². The second kappa shape index (κ2) is 5.19. The summed E-state index contributed by atoms with van der Waals surface area (Å²) in [6.45, 7) is 0. The summed E-state index contributed by atoms with van der Waals surface area (Å²) in [5.74, 6) is 1.17. The molecule has 100 valence electrons. The lowest BCUT2D eigenvalue weighted by Crippen LogP contribution is -1.93. The van der Waals surface area contributed by atoms with Crippen LogP contribution < -0.4 is 10.5 Å². The Morgan fingerprint density at radius 1 is 0.900 bits per heavy atom. The smallest absolute Gasteiger partial charge is 0.151 e. The molecule has 0 fully saturated rings. The Labute approximate surface area is 125 Å². The van der Waals surface area contributed by atoms with Crippen LogP contribution in [0.1, 0.15) is 0 Å². The van der Waals surface area contributed by atoms with Gasteiger partial charge in [-0.15, -0.1) is 0 Å². The maximum Gasteiger partial charge on any atom is 0.151 e. The Morgan fingerprint density at radius 2 is 1.65 bits per heavy atom. The van der Waals surface area contributed by atoms with Gasteiger partial charge in [0, 0.05) is 27.7 Å². The van der Waals surface area contributed by atoms with Crippen LogP contribution >= 0.6 is 23.2 Å². The van der Waals surface area contributed by atoms with Crippen LogP contribution in [0.2, 0.25) is 10.0 Å². The van der Waals surface area contributed by atoms with E-state index in [9.17, 15) is 0 Å². The molecule has 0 spiro atoms. The van der Waals surface area contributed by atoms with E-state index in [0.29, 0.717) is 27.2 Å². The topological polar surface area (TPSA) is 48.1 Å².